The zero-order valence-corrected chi connectivity index (χ0v) is 19.0. The van der Waals surface area contributed by atoms with E-state index in [9.17, 15) is 0 Å². The van der Waals surface area contributed by atoms with E-state index >= 15 is 0 Å². The van der Waals surface area contributed by atoms with Gasteiger partial charge in [-0.3, -0.25) is 0 Å². The van der Waals surface area contributed by atoms with E-state index in [-0.39, 0.29) is 42.7 Å². The molecule has 0 aliphatic heterocycles. The molecule has 0 aliphatic rings. The molecule has 0 amide bonds. The molecule has 0 heterocycles. The van der Waals surface area contributed by atoms with Crippen molar-refractivity contribution in [2.45, 2.75) is 105 Å². The van der Waals surface area contributed by atoms with E-state index in [0.717, 1.165) is 0 Å². The highest BCUT2D eigenvalue weighted by Crippen LogP contribution is 2.04. The fraction of sp³-hybridized carbons (Fsp3) is 1.00. The molecule has 0 N–H and O–H groups in total. The average molecular weight is 393 g/mol. The summed E-state index contributed by atoms with van der Waals surface area (Å²) in [6.07, 6.45) is 0.622. The van der Waals surface area contributed by atoms with Crippen LogP contribution >= 0.6 is 0 Å². The SMILES string of the molecule is CC(C)OCC(C)OCC(C)OCC(C)OCC(C)OCC(C)OC(C)C. The van der Waals surface area contributed by atoms with E-state index < -0.39 is 0 Å². The molecule has 0 saturated heterocycles. The van der Waals surface area contributed by atoms with E-state index in [1.807, 2.05) is 62.3 Å². The molecule has 0 aromatic carbocycles. The monoisotopic (exact) mass is 392 g/mol. The molecule has 5 atom stereocenters. The second kappa shape index (κ2) is 15.7. The standard InChI is InChI=1S/C21H44O6/c1-15(2)22-10-17(5)23-11-18(6)24-12-19(7)25-13-20(8)26-14-21(9)27-16(3)4/h15-21H,10-14H2,1-9H3. The Bertz CT molecular complexity index is 337. The topological polar surface area (TPSA) is 55.4 Å². The van der Waals surface area contributed by atoms with Crippen LogP contribution in [0.3, 0.4) is 0 Å². The fourth-order valence-corrected chi connectivity index (χ4v) is 2.22. The van der Waals surface area contributed by atoms with Crippen molar-refractivity contribution >= 4 is 0 Å². The van der Waals surface area contributed by atoms with Crippen molar-refractivity contribution in [1.29, 1.82) is 0 Å². The minimum Gasteiger partial charge on any atom is -0.376 e. The van der Waals surface area contributed by atoms with E-state index in [1.165, 1.54) is 0 Å². The van der Waals surface area contributed by atoms with E-state index in [4.69, 9.17) is 28.4 Å². The average Bonchev–Trinajstić information content (AvgIpc) is 2.58. The molecule has 0 aliphatic carbocycles. The third-order valence-corrected chi connectivity index (χ3v) is 3.63. The van der Waals surface area contributed by atoms with Crippen molar-refractivity contribution in [2.24, 2.45) is 0 Å². The largest absolute Gasteiger partial charge is 0.376 e. The molecular weight excluding hydrogens is 348 g/mol. The first-order valence-electron chi connectivity index (χ1n) is 10.3. The zero-order valence-electron chi connectivity index (χ0n) is 19.0. The van der Waals surface area contributed by atoms with E-state index in [1.54, 1.807) is 0 Å². The zero-order chi connectivity index (χ0) is 20.8. The molecule has 164 valence electrons. The minimum absolute atomic E-state index is 0.00420. The predicted octanol–water partition coefficient (Wildman–Crippen LogP) is 3.85. The van der Waals surface area contributed by atoms with Gasteiger partial charge < -0.3 is 28.4 Å². The molecule has 0 spiro atoms. The summed E-state index contributed by atoms with van der Waals surface area (Å²) in [6, 6.07) is 0. The van der Waals surface area contributed by atoms with Gasteiger partial charge >= 0.3 is 0 Å². The van der Waals surface area contributed by atoms with Crippen molar-refractivity contribution in [1.82, 2.24) is 0 Å². The molecule has 0 rings (SSSR count). The van der Waals surface area contributed by atoms with Crippen LogP contribution in [0.5, 0.6) is 0 Å². The molecule has 0 aromatic heterocycles. The number of hydrogen-bond acceptors (Lipinski definition) is 6. The third kappa shape index (κ3) is 17.6. The highest BCUT2D eigenvalue weighted by molar-refractivity contribution is 4.58. The van der Waals surface area contributed by atoms with Crippen LogP contribution in [-0.2, 0) is 28.4 Å². The Balaban J connectivity index is 3.75. The maximum atomic E-state index is 5.81. The summed E-state index contributed by atoms with van der Waals surface area (Å²) in [7, 11) is 0. The molecule has 0 radical (unpaired) electrons. The van der Waals surface area contributed by atoms with Gasteiger partial charge in [0.15, 0.2) is 0 Å². The fourth-order valence-electron chi connectivity index (χ4n) is 2.22. The highest BCUT2D eigenvalue weighted by Gasteiger charge is 2.13. The minimum atomic E-state index is 0.00420. The Morgan fingerprint density at radius 3 is 0.963 bits per heavy atom. The molecule has 0 saturated carbocycles. The smallest absolute Gasteiger partial charge is 0.0784 e. The lowest BCUT2D eigenvalue weighted by atomic mass is 10.3. The molecule has 0 bridgehead atoms. The van der Waals surface area contributed by atoms with Crippen molar-refractivity contribution < 1.29 is 28.4 Å². The molecular formula is C21H44O6. The van der Waals surface area contributed by atoms with Gasteiger partial charge in [-0.1, -0.05) is 0 Å². The summed E-state index contributed by atoms with van der Waals surface area (Å²) in [5.74, 6) is 0. The van der Waals surface area contributed by atoms with Crippen LogP contribution in [0.1, 0.15) is 62.3 Å². The predicted molar refractivity (Wildman–Crippen MR) is 108 cm³/mol. The first-order valence-corrected chi connectivity index (χ1v) is 10.3. The first-order chi connectivity index (χ1) is 12.6. The van der Waals surface area contributed by atoms with Gasteiger partial charge in [-0.25, -0.2) is 0 Å². The molecule has 0 aromatic rings. The van der Waals surface area contributed by atoms with Crippen molar-refractivity contribution in [3.63, 3.8) is 0 Å². The molecule has 27 heavy (non-hydrogen) atoms. The molecule has 0 fully saturated rings. The molecule has 5 unspecified atom stereocenters. The van der Waals surface area contributed by atoms with Gasteiger partial charge in [-0.05, 0) is 62.3 Å². The Kier molecular flexibility index (Phi) is 15.5. The normalized spacial score (nSPS) is 17.9. The Morgan fingerprint density at radius 2 is 0.667 bits per heavy atom. The van der Waals surface area contributed by atoms with Crippen molar-refractivity contribution in [2.75, 3.05) is 33.0 Å². The van der Waals surface area contributed by atoms with Gasteiger partial charge in [-0.15, -0.1) is 0 Å². The Labute approximate surface area is 167 Å². The van der Waals surface area contributed by atoms with E-state index in [2.05, 4.69) is 0 Å². The quantitative estimate of drug-likeness (QED) is 0.375. The summed E-state index contributed by atoms with van der Waals surface area (Å²) in [5, 5.41) is 0. The van der Waals surface area contributed by atoms with E-state index in [0.29, 0.717) is 33.0 Å². The lowest BCUT2D eigenvalue weighted by Gasteiger charge is -2.22. The van der Waals surface area contributed by atoms with Gasteiger partial charge in [0, 0.05) is 0 Å². The van der Waals surface area contributed by atoms with Gasteiger partial charge in [-0.2, -0.15) is 0 Å². The number of hydrogen-bond donors (Lipinski definition) is 0. The van der Waals surface area contributed by atoms with Crippen LogP contribution in [-0.4, -0.2) is 75.8 Å². The van der Waals surface area contributed by atoms with Gasteiger partial charge in [0.1, 0.15) is 0 Å². The van der Waals surface area contributed by atoms with Crippen LogP contribution in [0, 0.1) is 0 Å². The van der Waals surface area contributed by atoms with Gasteiger partial charge in [0.2, 0.25) is 0 Å². The molecule has 6 heteroatoms. The summed E-state index contributed by atoms with van der Waals surface area (Å²) >= 11 is 0. The van der Waals surface area contributed by atoms with Crippen molar-refractivity contribution in [3.8, 4) is 0 Å². The number of ether oxygens (including phenoxy) is 6. The first kappa shape index (κ1) is 26.8. The van der Waals surface area contributed by atoms with Gasteiger partial charge in [0.25, 0.3) is 0 Å². The summed E-state index contributed by atoms with van der Waals surface area (Å²) in [6.45, 7) is 20.9. The lowest BCUT2D eigenvalue weighted by Crippen LogP contribution is -2.29. The summed E-state index contributed by atoms with van der Waals surface area (Å²) in [4.78, 5) is 0. The maximum absolute atomic E-state index is 5.81. The number of rotatable bonds is 17. The molecule has 6 nitrogen and oxygen atoms in total. The second-order valence-corrected chi connectivity index (χ2v) is 7.95. The summed E-state index contributed by atoms with van der Waals surface area (Å²) in [5.41, 5.74) is 0. The Morgan fingerprint density at radius 1 is 0.370 bits per heavy atom. The van der Waals surface area contributed by atoms with Crippen LogP contribution < -0.4 is 0 Å². The van der Waals surface area contributed by atoms with Crippen molar-refractivity contribution in [3.05, 3.63) is 0 Å². The van der Waals surface area contributed by atoms with Crippen LogP contribution in [0.25, 0.3) is 0 Å². The van der Waals surface area contributed by atoms with Crippen LogP contribution in [0.4, 0.5) is 0 Å². The maximum Gasteiger partial charge on any atom is 0.0784 e. The van der Waals surface area contributed by atoms with Crippen LogP contribution in [0.2, 0.25) is 0 Å². The van der Waals surface area contributed by atoms with Gasteiger partial charge in [0.05, 0.1) is 75.8 Å². The Hall–Kier alpha value is -0.240. The summed E-state index contributed by atoms with van der Waals surface area (Å²) < 4.78 is 34.3. The third-order valence-electron chi connectivity index (χ3n) is 3.63. The highest BCUT2D eigenvalue weighted by atomic mass is 16.6. The lowest BCUT2D eigenvalue weighted by molar-refractivity contribution is -0.104. The van der Waals surface area contributed by atoms with Crippen LogP contribution in [0.15, 0.2) is 0 Å². The second-order valence-electron chi connectivity index (χ2n) is 7.95.